The van der Waals surface area contributed by atoms with Crippen LogP contribution in [0.5, 0.6) is 5.75 Å². The third-order valence-electron chi connectivity index (χ3n) is 5.20. The Kier molecular flexibility index (Phi) is 11.8. The molecule has 2 aromatic rings. The van der Waals surface area contributed by atoms with E-state index in [1.165, 1.54) is 63.9 Å². The first-order chi connectivity index (χ1) is 16.2. The first kappa shape index (κ1) is 25.6. The maximum Gasteiger partial charge on any atom is 0.337 e. The summed E-state index contributed by atoms with van der Waals surface area (Å²) < 4.78 is 5.78. The number of hydrazine groups is 1. The van der Waals surface area contributed by atoms with Gasteiger partial charge in [0, 0.05) is 5.69 Å². The molecule has 0 aliphatic carbocycles. The molecule has 2 amide bonds. The Morgan fingerprint density at radius 3 is 2.15 bits per heavy atom. The lowest BCUT2D eigenvalue weighted by Gasteiger charge is -2.09. The highest BCUT2D eigenvalue weighted by Gasteiger charge is 2.09. The van der Waals surface area contributed by atoms with Crippen molar-refractivity contribution in [1.82, 2.24) is 10.4 Å². The lowest BCUT2D eigenvalue weighted by atomic mass is 10.1. The molecule has 0 saturated heterocycles. The van der Waals surface area contributed by atoms with Crippen molar-refractivity contribution in [2.75, 3.05) is 17.3 Å². The molecule has 4 N–H and O–H groups in total. The molecule has 0 spiro atoms. The zero-order valence-electron chi connectivity index (χ0n) is 19.4. The Bertz CT molecular complexity index is 892. The van der Waals surface area contributed by atoms with Gasteiger partial charge in [-0.25, -0.2) is 15.1 Å². The van der Waals surface area contributed by atoms with Crippen LogP contribution in [0.3, 0.4) is 0 Å². The number of carbonyl (C=O) groups is 1. The number of nitrogens with one attached hydrogen (secondary N) is 4. The van der Waals surface area contributed by atoms with Crippen LogP contribution in [0.15, 0.2) is 30.3 Å². The van der Waals surface area contributed by atoms with Crippen LogP contribution in [0, 0.1) is 13.1 Å². The maximum absolute atomic E-state index is 12.0. The minimum Gasteiger partial charge on any atom is -0.494 e. The van der Waals surface area contributed by atoms with Crippen LogP contribution in [0.2, 0.25) is 0 Å². The summed E-state index contributed by atoms with van der Waals surface area (Å²) in [6, 6.07) is 8.19. The largest absolute Gasteiger partial charge is 0.494 e. The number of rotatable bonds is 15. The molecular formula is C25H34N6O2. The van der Waals surface area contributed by atoms with E-state index < -0.39 is 6.03 Å². The van der Waals surface area contributed by atoms with E-state index in [4.69, 9.17) is 17.9 Å². The monoisotopic (exact) mass is 450 g/mol. The third kappa shape index (κ3) is 10.0. The fraction of sp³-hybridized carbons (Fsp3) is 0.480. The van der Waals surface area contributed by atoms with Crippen molar-refractivity contribution >= 4 is 29.0 Å². The summed E-state index contributed by atoms with van der Waals surface area (Å²) in [5, 5.41) is 2.70. The van der Waals surface area contributed by atoms with Gasteiger partial charge < -0.3 is 19.9 Å². The average molecular weight is 451 g/mol. The van der Waals surface area contributed by atoms with Crippen molar-refractivity contribution in [1.29, 1.82) is 0 Å². The number of carbonyl (C=O) groups excluding carboxylic acids is 1. The topological polar surface area (TPSA) is 86.9 Å². The molecule has 2 rings (SSSR count). The van der Waals surface area contributed by atoms with Crippen molar-refractivity contribution in [3.05, 3.63) is 53.2 Å². The SMILES string of the molecule is [C-]#[N+]c1cc(NNC(=O)Nc2ccc(OCCCCCCCCCCCC)cc2)[nH]c1[N+]#[C-]. The van der Waals surface area contributed by atoms with E-state index in [1.54, 1.807) is 12.1 Å². The number of urea groups is 1. The molecule has 8 nitrogen and oxygen atoms in total. The first-order valence-electron chi connectivity index (χ1n) is 11.7. The molecule has 0 aliphatic rings. The second-order valence-corrected chi connectivity index (χ2v) is 7.90. The van der Waals surface area contributed by atoms with E-state index in [0.29, 0.717) is 18.1 Å². The molecular weight excluding hydrogens is 416 g/mol. The van der Waals surface area contributed by atoms with Gasteiger partial charge in [0.25, 0.3) is 0 Å². The fourth-order valence-electron chi connectivity index (χ4n) is 3.37. The number of anilines is 2. The minimum absolute atomic E-state index is 0.128. The summed E-state index contributed by atoms with van der Waals surface area (Å²) in [7, 11) is 0. The quantitative estimate of drug-likeness (QED) is 0.128. The molecule has 0 fully saturated rings. The average Bonchev–Trinajstić information content (AvgIpc) is 3.25. The number of hydrogen-bond acceptors (Lipinski definition) is 3. The van der Waals surface area contributed by atoms with Gasteiger partial charge >= 0.3 is 6.03 Å². The van der Waals surface area contributed by atoms with E-state index >= 15 is 0 Å². The summed E-state index contributed by atoms with van der Waals surface area (Å²) in [6.45, 7) is 17.0. The molecule has 33 heavy (non-hydrogen) atoms. The Balaban J connectivity index is 1.57. The van der Waals surface area contributed by atoms with Gasteiger partial charge in [-0.2, -0.15) is 0 Å². The highest BCUT2D eigenvalue weighted by molar-refractivity contribution is 5.90. The van der Waals surface area contributed by atoms with Crippen LogP contribution < -0.4 is 20.9 Å². The van der Waals surface area contributed by atoms with E-state index in [1.807, 2.05) is 12.1 Å². The summed E-state index contributed by atoms with van der Waals surface area (Å²) in [4.78, 5) is 21.2. The molecule has 0 atom stereocenters. The van der Waals surface area contributed by atoms with Crippen molar-refractivity contribution in [3.8, 4) is 5.75 Å². The Morgan fingerprint density at radius 2 is 1.58 bits per heavy atom. The van der Waals surface area contributed by atoms with E-state index in [0.717, 1.165) is 12.2 Å². The second kappa shape index (κ2) is 15.2. The summed E-state index contributed by atoms with van der Waals surface area (Å²) in [6.07, 6.45) is 13.0. The Labute approximate surface area is 196 Å². The minimum atomic E-state index is -0.475. The van der Waals surface area contributed by atoms with Crippen molar-refractivity contribution in [3.63, 3.8) is 0 Å². The van der Waals surface area contributed by atoms with E-state index in [-0.39, 0.29) is 11.5 Å². The number of aromatic nitrogens is 1. The molecule has 0 radical (unpaired) electrons. The van der Waals surface area contributed by atoms with Crippen molar-refractivity contribution in [2.45, 2.75) is 71.1 Å². The molecule has 1 aromatic heterocycles. The van der Waals surface area contributed by atoms with Gasteiger partial charge in [-0.15, -0.1) is 0 Å². The number of nitrogens with zero attached hydrogens (tertiary/aromatic N) is 2. The molecule has 0 bridgehead atoms. The number of ether oxygens (including phenoxy) is 1. The van der Waals surface area contributed by atoms with E-state index in [2.05, 4.69) is 37.8 Å². The highest BCUT2D eigenvalue weighted by Crippen LogP contribution is 2.30. The number of aromatic amines is 1. The fourth-order valence-corrected chi connectivity index (χ4v) is 3.37. The molecule has 0 saturated carbocycles. The summed E-state index contributed by atoms with van der Waals surface area (Å²) in [5.74, 6) is 1.26. The number of hydrogen-bond donors (Lipinski definition) is 4. The van der Waals surface area contributed by atoms with Gasteiger partial charge in [-0.3, -0.25) is 5.43 Å². The predicted molar refractivity (Wildman–Crippen MR) is 133 cm³/mol. The third-order valence-corrected chi connectivity index (χ3v) is 5.20. The van der Waals surface area contributed by atoms with Crippen LogP contribution >= 0.6 is 0 Å². The smallest absolute Gasteiger partial charge is 0.337 e. The lowest BCUT2D eigenvalue weighted by Crippen LogP contribution is -2.33. The second-order valence-electron chi connectivity index (χ2n) is 7.90. The van der Waals surface area contributed by atoms with Gasteiger partial charge in [-0.1, -0.05) is 71.3 Å². The molecule has 8 heteroatoms. The van der Waals surface area contributed by atoms with Gasteiger partial charge in [0.05, 0.1) is 13.2 Å². The summed E-state index contributed by atoms with van der Waals surface area (Å²) >= 11 is 0. The zero-order valence-corrected chi connectivity index (χ0v) is 19.4. The normalized spacial score (nSPS) is 10.2. The molecule has 0 unspecified atom stereocenters. The van der Waals surface area contributed by atoms with Gasteiger partial charge in [-0.05, 0) is 36.8 Å². The molecule has 1 aromatic carbocycles. The van der Waals surface area contributed by atoms with Gasteiger partial charge in [0.15, 0.2) is 5.82 Å². The van der Waals surface area contributed by atoms with Crippen LogP contribution in [0.25, 0.3) is 9.69 Å². The van der Waals surface area contributed by atoms with E-state index in [9.17, 15) is 4.79 Å². The standard InChI is InChI=1S/C25H34N6O2/c1-4-5-6-7-8-9-10-11-12-13-18-33-21-16-14-20(15-17-21)28-25(32)31-30-23-19-22(26-2)24(27-3)29-23/h14-17,19,29-30H,4-13,18H2,1H3,(H2,28,31,32). The van der Waals surface area contributed by atoms with Crippen LogP contribution in [-0.4, -0.2) is 17.6 Å². The number of amides is 2. The lowest BCUT2D eigenvalue weighted by molar-refractivity contribution is 0.254. The Morgan fingerprint density at radius 1 is 0.939 bits per heavy atom. The number of benzene rings is 1. The highest BCUT2D eigenvalue weighted by atomic mass is 16.5. The predicted octanol–water partition coefficient (Wildman–Crippen LogP) is 7.56. The van der Waals surface area contributed by atoms with Crippen LogP contribution in [0.1, 0.15) is 71.1 Å². The first-order valence-corrected chi connectivity index (χ1v) is 11.7. The van der Waals surface area contributed by atoms with Gasteiger partial charge in [0.1, 0.15) is 5.75 Å². The van der Waals surface area contributed by atoms with Crippen molar-refractivity contribution < 1.29 is 9.53 Å². The molecule has 1 heterocycles. The Hall–Kier alpha value is -3.65. The number of H-pyrrole nitrogens is 1. The maximum atomic E-state index is 12.0. The molecule has 176 valence electrons. The van der Waals surface area contributed by atoms with Crippen LogP contribution in [0.4, 0.5) is 27.8 Å². The summed E-state index contributed by atoms with van der Waals surface area (Å²) in [5.41, 5.74) is 5.92. The van der Waals surface area contributed by atoms with Gasteiger partial charge in [0.2, 0.25) is 11.5 Å². The number of unbranched alkanes of at least 4 members (excludes halogenated alkanes) is 9. The van der Waals surface area contributed by atoms with Crippen molar-refractivity contribution in [2.24, 2.45) is 0 Å². The molecule has 0 aliphatic heterocycles. The zero-order chi connectivity index (χ0) is 23.7. The van der Waals surface area contributed by atoms with Crippen LogP contribution in [-0.2, 0) is 0 Å².